The third kappa shape index (κ3) is 2.99. The summed E-state index contributed by atoms with van der Waals surface area (Å²) in [5, 5.41) is 7.33. The first-order valence-corrected chi connectivity index (χ1v) is 7.74. The van der Waals surface area contributed by atoms with Crippen LogP contribution < -0.4 is 5.32 Å². The number of hydrogen-bond acceptors (Lipinski definition) is 4. The van der Waals surface area contributed by atoms with E-state index in [1.807, 2.05) is 14.0 Å². The quantitative estimate of drug-likeness (QED) is 0.851. The summed E-state index contributed by atoms with van der Waals surface area (Å²) in [7, 11) is 1.82. The Balaban J connectivity index is 1.84. The second-order valence-electron chi connectivity index (χ2n) is 6.14. The molecular weight excluding hydrogens is 284 g/mol. The zero-order valence-corrected chi connectivity index (χ0v) is 13.0. The number of aromatic nitrogens is 2. The molecule has 0 aliphatic carbocycles. The summed E-state index contributed by atoms with van der Waals surface area (Å²) < 4.78 is 7.08. The van der Waals surface area contributed by atoms with Gasteiger partial charge in [0.1, 0.15) is 0 Å². The smallest absolute Gasteiger partial charge is 0.257 e. The van der Waals surface area contributed by atoms with Crippen LogP contribution in [0.15, 0.2) is 6.20 Å². The number of aryl methyl sites for hydroxylation is 1. The van der Waals surface area contributed by atoms with Crippen molar-refractivity contribution in [3.8, 4) is 0 Å². The molecule has 0 radical (unpaired) electrons. The van der Waals surface area contributed by atoms with Gasteiger partial charge in [-0.15, -0.1) is 0 Å². The lowest BCUT2D eigenvalue weighted by molar-refractivity contribution is -0.124. The summed E-state index contributed by atoms with van der Waals surface area (Å²) in [4.78, 5) is 26.1. The monoisotopic (exact) mass is 306 g/mol. The van der Waals surface area contributed by atoms with Crippen LogP contribution >= 0.6 is 0 Å². The summed E-state index contributed by atoms with van der Waals surface area (Å²) >= 11 is 0. The third-order valence-corrected chi connectivity index (χ3v) is 4.22. The van der Waals surface area contributed by atoms with Gasteiger partial charge in [0.25, 0.3) is 5.91 Å². The second kappa shape index (κ2) is 6.08. The van der Waals surface area contributed by atoms with Crippen LogP contribution in [0.2, 0.25) is 0 Å². The summed E-state index contributed by atoms with van der Waals surface area (Å²) in [5.74, 6) is 0.0461. The average molecular weight is 306 g/mol. The maximum atomic E-state index is 12.8. The highest BCUT2D eigenvalue weighted by Gasteiger charge is 2.31. The van der Waals surface area contributed by atoms with Gasteiger partial charge in [-0.25, -0.2) is 0 Å². The molecule has 1 unspecified atom stereocenters. The van der Waals surface area contributed by atoms with Gasteiger partial charge in [-0.1, -0.05) is 0 Å². The minimum Gasteiger partial charge on any atom is -0.381 e. The van der Waals surface area contributed by atoms with Crippen molar-refractivity contribution in [2.75, 3.05) is 26.3 Å². The SMILES string of the molecule is CC1CN(C(=O)c2cn(C)nc2C2CCOCC2)CC(=O)N1. The van der Waals surface area contributed by atoms with Crippen LogP contribution in [0, 0.1) is 0 Å². The highest BCUT2D eigenvalue weighted by molar-refractivity contribution is 5.98. The standard InChI is InChI=1S/C15H22N4O3/c1-10-7-19(9-13(20)16-10)15(21)12-8-18(2)17-14(12)11-3-5-22-6-4-11/h8,10-11H,3-7,9H2,1-2H3,(H,16,20). The largest absolute Gasteiger partial charge is 0.381 e. The predicted molar refractivity (Wildman–Crippen MR) is 79.5 cm³/mol. The lowest BCUT2D eigenvalue weighted by Crippen LogP contribution is -2.54. The lowest BCUT2D eigenvalue weighted by atomic mass is 9.93. The van der Waals surface area contributed by atoms with Gasteiger partial charge in [-0.3, -0.25) is 14.3 Å². The summed E-state index contributed by atoms with van der Waals surface area (Å²) in [6.45, 7) is 3.97. The van der Waals surface area contributed by atoms with Gasteiger partial charge in [0.15, 0.2) is 0 Å². The topological polar surface area (TPSA) is 76.5 Å². The lowest BCUT2D eigenvalue weighted by Gasteiger charge is -2.31. The first kappa shape index (κ1) is 15.0. The molecule has 7 heteroatoms. The van der Waals surface area contributed by atoms with E-state index in [1.54, 1.807) is 15.8 Å². The van der Waals surface area contributed by atoms with Gasteiger partial charge >= 0.3 is 0 Å². The number of carbonyl (C=O) groups is 2. The molecule has 2 aliphatic rings. The molecule has 0 bridgehead atoms. The zero-order chi connectivity index (χ0) is 15.7. The van der Waals surface area contributed by atoms with Crippen molar-refractivity contribution in [3.05, 3.63) is 17.5 Å². The van der Waals surface area contributed by atoms with E-state index in [0.717, 1.165) is 18.5 Å². The van der Waals surface area contributed by atoms with Crippen LogP contribution in [0.25, 0.3) is 0 Å². The van der Waals surface area contributed by atoms with E-state index in [-0.39, 0.29) is 30.3 Å². The Morgan fingerprint density at radius 1 is 1.41 bits per heavy atom. The van der Waals surface area contributed by atoms with Gasteiger partial charge in [-0.05, 0) is 19.8 Å². The molecule has 2 aliphatic heterocycles. The van der Waals surface area contributed by atoms with E-state index in [4.69, 9.17) is 4.74 Å². The van der Waals surface area contributed by atoms with Crippen molar-refractivity contribution in [1.29, 1.82) is 0 Å². The van der Waals surface area contributed by atoms with Crippen molar-refractivity contribution in [3.63, 3.8) is 0 Å². The summed E-state index contributed by atoms with van der Waals surface area (Å²) in [5.41, 5.74) is 1.46. The number of hydrogen-bond donors (Lipinski definition) is 1. The number of rotatable bonds is 2. The highest BCUT2D eigenvalue weighted by atomic mass is 16.5. The first-order chi connectivity index (χ1) is 10.5. The van der Waals surface area contributed by atoms with Gasteiger partial charge in [0, 0.05) is 45.0 Å². The number of carbonyl (C=O) groups excluding carboxylic acids is 2. The van der Waals surface area contributed by atoms with Crippen LogP contribution in [0.4, 0.5) is 0 Å². The fourth-order valence-electron chi connectivity index (χ4n) is 3.20. The molecule has 2 fully saturated rings. The first-order valence-electron chi connectivity index (χ1n) is 7.74. The van der Waals surface area contributed by atoms with Crippen LogP contribution in [0.3, 0.4) is 0 Å². The Bertz CT molecular complexity index is 577. The average Bonchev–Trinajstić information content (AvgIpc) is 2.88. The van der Waals surface area contributed by atoms with E-state index in [0.29, 0.717) is 25.3 Å². The van der Waals surface area contributed by atoms with Crippen LogP contribution in [-0.4, -0.2) is 58.8 Å². The highest BCUT2D eigenvalue weighted by Crippen LogP contribution is 2.29. The molecule has 3 rings (SSSR count). The minimum absolute atomic E-state index is 0.0200. The normalized spacial score (nSPS) is 23.5. The second-order valence-corrected chi connectivity index (χ2v) is 6.14. The third-order valence-electron chi connectivity index (χ3n) is 4.22. The number of amides is 2. The van der Waals surface area contributed by atoms with Crippen molar-refractivity contribution in [2.45, 2.75) is 31.7 Å². The fraction of sp³-hybridized carbons (Fsp3) is 0.667. The molecule has 0 spiro atoms. The molecular formula is C15H22N4O3. The van der Waals surface area contributed by atoms with Gasteiger partial charge in [-0.2, -0.15) is 5.10 Å². The van der Waals surface area contributed by atoms with Crippen LogP contribution in [0.1, 0.15) is 41.7 Å². The van der Waals surface area contributed by atoms with Crippen molar-refractivity contribution in [2.24, 2.45) is 7.05 Å². The van der Waals surface area contributed by atoms with E-state index < -0.39 is 0 Å². The van der Waals surface area contributed by atoms with Crippen LogP contribution in [-0.2, 0) is 16.6 Å². The van der Waals surface area contributed by atoms with Crippen molar-refractivity contribution in [1.82, 2.24) is 20.0 Å². The Kier molecular flexibility index (Phi) is 4.15. The van der Waals surface area contributed by atoms with E-state index in [2.05, 4.69) is 10.4 Å². The van der Waals surface area contributed by atoms with E-state index in [1.165, 1.54) is 0 Å². The molecule has 22 heavy (non-hydrogen) atoms. The molecule has 1 aromatic heterocycles. The molecule has 1 N–H and O–H groups in total. The Labute approximate surface area is 129 Å². The summed E-state index contributed by atoms with van der Waals surface area (Å²) in [6.07, 6.45) is 3.53. The molecule has 1 atom stereocenters. The maximum Gasteiger partial charge on any atom is 0.257 e. The molecule has 1 aromatic rings. The number of piperazine rings is 1. The van der Waals surface area contributed by atoms with Gasteiger partial charge in [0.05, 0.1) is 17.8 Å². The van der Waals surface area contributed by atoms with Crippen LogP contribution in [0.5, 0.6) is 0 Å². The minimum atomic E-state index is -0.108. The van der Waals surface area contributed by atoms with Gasteiger partial charge < -0.3 is 15.0 Å². The van der Waals surface area contributed by atoms with E-state index >= 15 is 0 Å². The maximum absolute atomic E-state index is 12.8. The van der Waals surface area contributed by atoms with Crippen molar-refractivity contribution >= 4 is 11.8 Å². The number of ether oxygens (including phenoxy) is 1. The molecule has 2 saturated heterocycles. The molecule has 0 saturated carbocycles. The van der Waals surface area contributed by atoms with Gasteiger partial charge in [0.2, 0.25) is 5.91 Å². The Hall–Kier alpha value is -1.89. The summed E-state index contributed by atoms with van der Waals surface area (Å²) in [6, 6.07) is -0.0200. The fourth-order valence-corrected chi connectivity index (χ4v) is 3.20. The van der Waals surface area contributed by atoms with E-state index in [9.17, 15) is 9.59 Å². The zero-order valence-electron chi connectivity index (χ0n) is 13.0. The number of nitrogens with one attached hydrogen (secondary N) is 1. The number of nitrogens with zero attached hydrogens (tertiary/aromatic N) is 3. The predicted octanol–water partition coefficient (Wildman–Crippen LogP) is 0.275. The Morgan fingerprint density at radius 2 is 2.14 bits per heavy atom. The molecule has 7 nitrogen and oxygen atoms in total. The molecule has 120 valence electrons. The Morgan fingerprint density at radius 3 is 2.82 bits per heavy atom. The molecule has 3 heterocycles. The molecule has 2 amide bonds. The molecule has 0 aromatic carbocycles. The van der Waals surface area contributed by atoms with Crippen molar-refractivity contribution < 1.29 is 14.3 Å².